The van der Waals surface area contributed by atoms with Gasteiger partial charge in [-0.05, 0) is 48.9 Å². The Morgan fingerprint density at radius 3 is 2.58 bits per heavy atom. The van der Waals surface area contributed by atoms with Crippen LogP contribution < -0.4 is 20.5 Å². The number of carbonyl (C=O) groups is 1. The first kappa shape index (κ1) is 19.5. The molecule has 1 amide bonds. The SMILES string of the molecule is C=C(CN)COc1ccc(C(=O)Nc2cccc(OCOCC)c2)cc1. The Kier molecular flexibility index (Phi) is 7.67. The Labute approximate surface area is 153 Å². The molecule has 0 spiro atoms. The smallest absolute Gasteiger partial charge is 0.255 e. The molecule has 0 heterocycles. The van der Waals surface area contributed by atoms with E-state index in [0.29, 0.717) is 42.5 Å². The van der Waals surface area contributed by atoms with Crippen LogP contribution in [-0.4, -0.2) is 32.5 Å². The molecule has 6 heteroatoms. The second-order valence-electron chi connectivity index (χ2n) is 5.50. The molecule has 6 nitrogen and oxygen atoms in total. The lowest BCUT2D eigenvalue weighted by Crippen LogP contribution is -2.12. The number of carbonyl (C=O) groups excluding carboxylic acids is 1. The van der Waals surface area contributed by atoms with E-state index in [-0.39, 0.29) is 12.7 Å². The zero-order valence-electron chi connectivity index (χ0n) is 14.9. The van der Waals surface area contributed by atoms with Crippen LogP contribution in [0.1, 0.15) is 17.3 Å². The van der Waals surface area contributed by atoms with E-state index >= 15 is 0 Å². The number of nitrogens with one attached hydrogen (secondary N) is 1. The van der Waals surface area contributed by atoms with Gasteiger partial charge >= 0.3 is 0 Å². The molecule has 2 aromatic rings. The van der Waals surface area contributed by atoms with Crippen molar-refractivity contribution in [3.63, 3.8) is 0 Å². The summed E-state index contributed by atoms with van der Waals surface area (Å²) in [5.41, 5.74) is 7.44. The lowest BCUT2D eigenvalue weighted by Gasteiger charge is -2.10. The number of benzene rings is 2. The number of nitrogens with two attached hydrogens (primary N) is 1. The predicted molar refractivity (Wildman–Crippen MR) is 102 cm³/mol. The van der Waals surface area contributed by atoms with E-state index in [9.17, 15) is 4.79 Å². The maximum atomic E-state index is 12.4. The van der Waals surface area contributed by atoms with Gasteiger partial charge in [0, 0.05) is 30.5 Å². The minimum atomic E-state index is -0.218. The van der Waals surface area contributed by atoms with E-state index in [0.717, 1.165) is 5.57 Å². The van der Waals surface area contributed by atoms with Gasteiger partial charge in [-0.1, -0.05) is 12.6 Å². The van der Waals surface area contributed by atoms with Crippen LogP contribution >= 0.6 is 0 Å². The summed E-state index contributed by atoms with van der Waals surface area (Å²) < 4.78 is 16.1. The van der Waals surface area contributed by atoms with Gasteiger partial charge < -0.3 is 25.3 Å². The molecule has 0 aliphatic rings. The van der Waals surface area contributed by atoms with Gasteiger partial charge in [0.2, 0.25) is 0 Å². The van der Waals surface area contributed by atoms with Crippen molar-refractivity contribution in [2.24, 2.45) is 5.73 Å². The highest BCUT2D eigenvalue weighted by Gasteiger charge is 2.07. The van der Waals surface area contributed by atoms with Crippen LogP contribution in [0.15, 0.2) is 60.7 Å². The Bertz CT molecular complexity index is 729. The Balaban J connectivity index is 1.92. The molecule has 0 aliphatic carbocycles. The lowest BCUT2D eigenvalue weighted by atomic mass is 10.2. The first-order valence-electron chi connectivity index (χ1n) is 8.34. The molecule has 138 valence electrons. The second-order valence-corrected chi connectivity index (χ2v) is 5.50. The molecule has 0 atom stereocenters. The monoisotopic (exact) mass is 356 g/mol. The van der Waals surface area contributed by atoms with Gasteiger partial charge in [-0.3, -0.25) is 4.79 Å². The summed E-state index contributed by atoms with van der Waals surface area (Å²) in [6.45, 7) is 7.17. The van der Waals surface area contributed by atoms with Gasteiger partial charge in [0.1, 0.15) is 18.1 Å². The average molecular weight is 356 g/mol. The Hall–Kier alpha value is -2.83. The highest BCUT2D eigenvalue weighted by Crippen LogP contribution is 2.19. The van der Waals surface area contributed by atoms with Crippen LogP contribution in [0.2, 0.25) is 0 Å². The van der Waals surface area contributed by atoms with E-state index in [1.165, 1.54) is 0 Å². The highest BCUT2D eigenvalue weighted by atomic mass is 16.7. The fourth-order valence-electron chi connectivity index (χ4n) is 2.01. The zero-order valence-corrected chi connectivity index (χ0v) is 14.9. The van der Waals surface area contributed by atoms with Crippen molar-refractivity contribution in [3.8, 4) is 11.5 Å². The number of ether oxygens (including phenoxy) is 3. The Morgan fingerprint density at radius 1 is 1.12 bits per heavy atom. The van der Waals surface area contributed by atoms with Gasteiger partial charge in [0.05, 0.1) is 0 Å². The molecule has 0 aliphatic heterocycles. The second kappa shape index (κ2) is 10.2. The van der Waals surface area contributed by atoms with Crippen molar-refractivity contribution in [1.29, 1.82) is 0 Å². The molecule has 0 radical (unpaired) electrons. The molecule has 0 fully saturated rings. The molecule has 0 bridgehead atoms. The summed E-state index contributed by atoms with van der Waals surface area (Å²) in [5, 5.41) is 2.84. The van der Waals surface area contributed by atoms with E-state index < -0.39 is 0 Å². The first-order chi connectivity index (χ1) is 12.6. The average Bonchev–Trinajstić information content (AvgIpc) is 2.67. The molecule has 0 saturated heterocycles. The van der Waals surface area contributed by atoms with Crippen LogP contribution in [-0.2, 0) is 4.74 Å². The maximum Gasteiger partial charge on any atom is 0.255 e. The van der Waals surface area contributed by atoms with E-state index in [4.69, 9.17) is 19.9 Å². The summed E-state index contributed by atoms with van der Waals surface area (Å²) in [7, 11) is 0. The summed E-state index contributed by atoms with van der Waals surface area (Å²) in [5.74, 6) is 1.06. The minimum absolute atomic E-state index is 0.173. The zero-order chi connectivity index (χ0) is 18.8. The molecule has 26 heavy (non-hydrogen) atoms. The molecule has 2 aromatic carbocycles. The standard InChI is InChI=1S/C20H24N2O4/c1-3-24-14-26-19-6-4-5-17(11-19)22-20(23)16-7-9-18(10-8-16)25-13-15(2)12-21/h4-11H,2-3,12-14,21H2,1H3,(H,22,23). The van der Waals surface area contributed by atoms with Gasteiger partial charge in [-0.2, -0.15) is 0 Å². The third kappa shape index (κ3) is 6.23. The fourth-order valence-corrected chi connectivity index (χ4v) is 2.01. The molecular formula is C20H24N2O4. The largest absolute Gasteiger partial charge is 0.489 e. The summed E-state index contributed by atoms with van der Waals surface area (Å²) in [6, 6.07) is 14.0. The van der Waals surface area contributed by atoms with Crippen LogP contribution in [0.4, 0.5) is 5.69 Å². The van der Waals surface area contributed by atoms with Crippen LogP contribution in [0.5, 0.6) is 11.5 Å². The lowest BCUT2D eigenvalue weighted by molar-refractivity contribution is 0.0224. The fraction of sp³-hybridized carbons (Fsp3) is 0.250. The predicted octanol–water partition coefficient (Wildman–Crippen LogP) is 3.21. The molecular weight excluding hydrogens is 332 g/mol. The molecule has 2 rings (SSSR count). The van der Waals surface area contributed by atoms with Gasteiger partial charge in [-0.25, -0.2) is 0 Å². The minimum Gasteiger partial charge on any atom is -0.489 e. The number of hydrogen-bond donors (Lipinski definition) is 2. The third-order valence-corrected chi connectivity index (χ3v) is 3.45. The molecule has 0 unspecified atom stereocenters. The maximum absolute atomic E-state index is 12.4. The van der Waals surface area contributed by atoms with Gasteiger partial charge in [-0.15, -0.1) is 0 Å². The van der Waals surface area contributed by atoms with Crippen LogP contribution in [0.3, 0.4) is 0 Å². The number of hydrogen-bond acceptors (Lipinski definition) is 5. The number of amides is 1. The summed E-state index contributed by atoms with van der Waals surface area (Å²) in [4.78, 5) is 12.4. The van der Waals surface area contributed by atoms with Crippen molar-refractivity contribution in [3.05, 3.63) is 66.2 Å². The molecule has 3 N–H and O–H groups in total. The van der Waals surface area contributed by atoms with E-state index in [1.54, 1.807) is 48.5 Å². The quantitative estimate of drug-likeness (QED) is 0.388. The Morgan fingerprint density at radius 2 is 1.88 bits per heavy atom. The third-order valence-electron chi connectivity index (χ3n) is 3.45. The first-order valence-corrected chi connectivity index (χ1v) is 8.34. The topological polar surface area (TPSA) is 82.8 Å². The van der Waals surface area contributed by atoms with Crippen LogP contribution in [0, 0.1) is 0 Å². The number of anilines is 1. The van der Waals surface area contributed by atoms with Crippen molar-refractivity contribution in [2.45, 2.75) is 6.92 Å². The van der Waals surface area contributed by atoms with Crippen molar-refractivity contribution >= 4 is 11.6 Å². The summed E-state index contributed by atoms with van der Waals surface area (Å²) in [6.07, 6.45) is 0. The van der Waals surface area contributed by atoms with E-state index in [2.05, 4.69) is 11.9 Å². The molecule has 0 saturated carbocycles. The van der Waals surface area contributed by atoms with Crippen molar-refractivity contribution in [1.82, 2.24) is 0 Å². The van der Waals surface area contributed by atoms with Crippen molar-refractivity contribution in [2.75, 3.05) is 31.9 Å². The van der Waals surface area contributed by atoms with Gasteiger partial charge in [0.15, 0.2) is 6.79 Å². The summed E-state index contributed by atoms with van der Waals surface area (Å²) >= 11 is 0. The normalized spacial score (nSPS) is 10.2. The molecule has 0 aromatic heterocycles. The van der Waals surface area contributed by atoms with Crippen LogP contribution in [0.25, 0.3) is 0 Å². The van der Waals surface area contributed by atoms with Gasteiger partial charge in [0.25, 0.3) is 5.91 Å². The van der Waals surface area contributed by atoms with E-state index in [1.807, 2.05) is 6.92 Å². The highest BCUT2D eigenvalue weighted by molar-refractivity contribution is 6.04. The number of rotatable bonds is 10. The van der Waals surface area contributed by atoms with Crippen molar-refractivity contribution < 1.29 is 19.0 Å².